The fourth-order valence-corrected chi connectivity index (χ4v) is 4.78. The van der Waals surface area contributed by atoms with Gasteiger partial charge in [0.05, 0.1) is 32.6 Å². The number of nitrogens with zero attached hydrogens (tertiary/aromatic N) is 1. The number of amides is 1. The van der Waals surface area contributed by atoms with Gasteiger partial charge in [-0.3, -0.25) is 4.79 Å². The highest BCUT2D eigenvalue weighted by Crippen LogP contribution is 2.33. The fourth-order valence-electron chi connectivity index (χ4n) is 4.29. The van der Waals surface area contributed by atoms with Gasteiger partial charge in [0.25, 0.3) is 0 Å². The number of nitrogens with one attached hydrogen (secondary N) is 2. The van der Waals surface area contributed by atoms with Gasteiger partial charge in [-0.25, -0.2) is 4.98 Å². The highest BCUT2D eigenvalue weighted by molar-refractivity contribution is 6.39. The van der Waals surface area contributed by atoms with Crippen LogP contribution in [0.2, 0.25) is 10.0 Å². The molecule has 0 unspecified atom stereocenters. The molecule has 5 rings (SSSR count). The lowest BCUT2D eigenvalue weighted by molar-refractivity contribution is -0.116. The molecule has 0 bridgehead atoms. The third-order valence-corrected chi connectivity index (χ3v) is 6.60. The van der Waals surface area contributed by atoms with Crippen molar-refractivity contribution in [1.29, 1.82) is 0 Å². The zero-order valence-corrected chi connectivity index (χ0v) is 20.2. The van der Waals surface area contributed by atoms with Gasteiger partial charge in [-0.2, -0.15) is 0 Å². The van der Waals surface area contributed by atoms with Crippen LogP contribution in [0.4, 0.5) is 5.69 Å². The molecule has 0 fully saturated rings. The quantitative estimate of drug-likeness (QED) is 0.255. The van der Waals surface area contributed by atoms with Gasteiger partial charge in [-0.1, -0.05) is 65.2 Å². The summed E-state index contributed by atoms with van der Waals surface area (Å²) in [5.74, 6) is -0.114. The molecule has 1 amide bonds. The molecule has 4 nitrogen and oxygen atoms in total. The van der Waals surface area contributed by atoms with Crippen LogP contribution >= 0.6 is 23.2 Å². The number of aromatic amines is 1. The number of rotatable bonds is 6. The Morgan fingerprint density at radius 1 is 0.971 bits per heavy atom. The summed E-state index contributed by atoms with van der Waals surface area (Å²) in [4.78, 5) is 21.1. The van der Waals surface area contributed by atoms with Crippen LogP contribution in [0.25, 0.3) is 33.2 Å². The maximum Gasteiger partial charge on any atom is 0.224 e. The van der Waals surface area contributed by atoms with Crippen molar-refractivity contribution >= 4 is 56.6 Å². The largest absolute Gasteiger partial charge is 0.353 e. The van der Waals surface area contributed by atoms with Crippen LogP contribution < -0.4 is 5.32 Å². The minimum atomic E-state index is -0.114. The number of halogens is 2. The van der Waals surface area contributed by atoms with Crippen molar-refractivity contribution in [3.8, 4) is 11.4 Å². The van der Waals surface area contributed by atoms with Gasteiger partial charge in [-0.05, 0) is 61.7 Å². The molecule has 0 radical (unpaired) electrons. The molecule has 170 valence electrons. The topological polar surface area (TPSA) is 57.8 Å². The van der Waals surface area contributed by atoms with Crippen LogP contribution in [0, 0.1) is 6.92 Å². The zero-order valence-electron chi connectivity index (χ0n) is 18.7. The minimum Gasteiger partial charge on any atom is -0.353 e. The van der Waals surface area contributed by atoms with E-state index in [0.717, 1.165) is 34.2 Å². The molecular formula is C28H23Cl2N3O. The normalized spacial score (nSPS) is 11.3. The van der Waals surface area contributed by atoms with E-state index in [2.05, 4.69) is 53.6 Å². The number of carbonyl (C=O) groups is 1. The highest BCUT2D eigenvalue weighted by atomic mass is 35.5. The predicted octanol–water partition coefficient (Wildman–Crippen LogP) is 7.96. The van der Waals surface area contributed by atoms with Crippen LogP contribution in [0.5, 0.6) is 0 Å². The van der Waals surface area contributed by atoms with Gasteiger partial charge in [0, 0.05) is 22.7 Å². The zero-order chi connectivity index (χ0) is 23.7. The minimum absolute atomic E-state index is 0.114. The van der Waals surface area contributed by atoms with Gasteiger partial charge in [0.15, 0.2) is 0 Å². The first kappa shape index (κ1) is 22.5. The number of hydrogen-bond acceptors (Lipinski definition) is 2. The fraction of sp³-hybridized carbons (Fsp3) is 0.143. The molecule has 2 heterocycles. The summed E-state index contributed by atoms with van der Waals surface area (Å²) >= 11 is 12.4. The Kier molecular flexibility index (Phi) is 6.27. The van der Waals surface area contributed by atoms with E-state index in [1.165, 1.54) is 16.5 Å². The molecule has 6 heteroatoms. The molecule has 0 saturated carbocycles. The van der Waals surface area contributed by atoms with Crippen LogP contribution in [-0.4, -0.2) is 15.9 Å². The van der Waals surface area contributed by atoms with Crippen molar-refractivity contribution in [2.45, 2.75) is 26.2 Å². The molecule has 2 aromatic heterocycles. The van der Waals surface area contributed by atoms with E-state index in [1.807, 2.05) is 18.2 Å². The van der Waals surface area contributed by atoms with E-state index < -0.39 is 0 Å². The number of carbonyl (C=O) groups excluding carboxylic acids is 1. The smallest absolute Gasteiger partial charge is 0.224 e. The molecule has 3 aromatic carbocycles. The number of hydrogen-bond donors (Lipinski definition) is 2. The van der Waals surface area contributed by atoms with Gasteiger partial charge in [-0.15, -0.1) is 0 Å². The van der Waals surface area contributed by atoms with Crippen molar-refractivity contribution in [1.82, 2.24) is 9.97 Å². The molecule has 0 atom stereocenters. The second kappa shape index (κ2) is 9.49. The van der Waals surface area contributed by atoms with E-state index in [4.69, 9.17) is 28.2 Å². The first-order valence-electron chi connectivity index (χ1n) is 11.2. The van der Waals surface area contributed by atoms with Gasteiger partial charge < -0.3 is 10.3 Å². The average molecular weight is 488 g/mol. The predicted molar refractivity (Wildman–Crippen MR) is 142 cm³/mol. The maximum absolute atomic E-state index is 12.6. The molecule has 0 spiro atoms. The third-order valence-electron chi connectivity index (χ3n) is 5.97. The van der Waals surface area contributed by atoms with Crippen LogP contribution in [0.1, 0.15) is 24.0 Å². The Bertz CT molecular complexity index is 1500. The lowest BCUT2D eigenvalue weighted by atomic mass is 10.0. The standard InChI is InChI=1S/C28H23Cl2N3O/c1-17-12-14-24-20(16-17)19(7-4-11-26(34)33-28-21(29)8-5-9-22(28)30)27(32-24)25-15-13-18-6-2-3-10-23(18)31-25/h2-3,5-6,8-10,12-16,32H,4,7,11H2,1H3,(H,33,34). The molecular weight excluding hydrogens is 465 g/mol. The Hall–Kier alpha value is -3.34. The molecule has 5 aromatic rings. The summed E-state index contributed by atoms with van der Waals surface area (Å²) in [6, 6.07) is 23.8. The Morgan fingerprint density at radius 2 is 1.76 bits per heavy atom. The van der Waals surface area contributed by atoms with E-state index in [1.54, 1.807) is 18.2 Å². The van der Waals surface area contributed by atoms with E-state index >= 15 is 0 Å². The summed E-state index contributed by atoms with van der Waals surface area (Å²) in [5, 5.41) is 5.98. The highest BCUT2D eigenvalue weighted by Gasteiger charge is 2.16. The summed E-state index contributed by atoms with van der Waals surface area (Å²) in [6.45, 7) is 2.09. The second-order valence-electron chi connectivity index (χ2n) is 8.42. The molecule has 34 heavy (non-hydrogen) atoms. The molecule has 0 aliphatic rings. The SMILES string of the molecule is Cc1ccc2[nH]c(-c3ccc4ccccc4n3)c(CCCC(=O)Nc3c(Cl)cccc3Cl)c2c1. The summed E-state index contributed by atoms with van der Waals surface area (Å²) in [6.07, 6.45) is 1.76. The van der Waals surface area contributed by atoms with Crippen LogP contribution in [-0.2, 0) is 11.2 Å². The Balaban J connectivity index is 1.41. The van der Waals surface area contributed by atoms with Crippen LogP contribution in [0.3, 0.4) is 0 Å². The number of H-pyrrole nitrogens is 1. The lowest BCUT2D eigenvalue weighted by Crippen LogP contribution is -2.12. The number of aromatic nitrogens is 2. The number of aryl methyl sites for hydroxylation is 2. The van der Waals surface area contributed by atoms with E-state index in [-0.39, 0.29) is 5.91 Å². The van der Waals surface area contributed by atoms with Crippen molar-refractivity contribution in [2.75, 3.05) is 5.32 Å². The summed E-state index contributed by atoms with van der Waals surface area (Å²) in [5.41, 5.74) is 6.74. The first-order valence-corrected chi connectivity index (χ1v) is 12.0. The van der Waals surface area contributed by atoms with E-state index in [0.29, 0.717) is 28.6 Å². The Labute approximate surface area is 207 Å². The molecule has 0 aliphatic carbocycles. The first-order chi connectivity index (χ1) is 16.5. The number of para-hydroxylation sites is 2. The van der Waals surface area contributed by atoms with Crippen molar-refractivity contribution in [3.05, 3.63) is 94.0 Å². The number of benzene rings is 3. The average Bonchev–Trinajstić information content (AvgIpc) is 3.19. The van der Waals surface area contributed by atoms with Gasteiger partial charge in [0.1, 0.15) is 0 Å². The summed E-state index contributed by atoms with van der Waals surface area (Å²) < 4.78 is 0. The van der Waals surface area contributed by atoms with Gasteiger partial charge in [0.2, 0.25) is 5.91 Å². The third kappa shape index (κ3) is 4.52. The second-order valence-corrected chi connectivity index (χ2v) is 9.23. The monoisotopic (exact) mass is 487 g/mol. The summed E-state index contributed by atoms with van der Waals surface area (Å²) in [7, 11) is 0. The molecule has 0 aliphatic heterocycles. The van der Waals surface area contributed by atoms with Crippen molar-refractivity contribution in [3.63, 3.8) is 0 Å². The number of fused-ring (bicyclic) bond motifs is 2. The number of pyridine rings is 1. The van der Waals surface area contributed by atoms with Gasteiger partial charge >= 0.3 is 0 Å². The maximum atomic E-state index is 12.6. The Morgan fingerprint density at radius 3 is 2.59 bits per heavy atom. The van der Waals surface area contributed by atoms with Crippen molar-refractivity contribution in [2.24, 2.45) is 0 Å². The molecule has 0 saturated heterocycles. The number of anilines is 1. The van der Waals surface area contributed by atoms with Crippen LogP contribution in [0.15, 0.2) is 72.8 Å². The lowest BCUT2D eigenvalue weighted by Gasteiger charge is -2.10. The molecule has 2 N–H and O–H groups in total. The van der Waals surface area contributed by atoms with E-state index in [9.17, 15) is 4.79 Å². The van der Waals surface area contributed by atoms with Crippen molar-refractivity contribution < 1.29 is 4.79 Å².